The molecule has 0 amide bonds. The van der Waals surface area contributed by atoms with Gasteiger partial charge in [0.25, 0.3) is 0 Å². The molecule has 1 atom stereocenters. The molecule has 1 aromatic carbocycles. The summed E-state index contributed by atoms with van der Waals surface area (Å²) in [6.45, 7) is 3.81. The molecule has 2 aromatic rings. The maximum absolute atomic E-state index is 5.93. The Hall–Kier alpha value is -1.03. The van der Waals surface area contributed by atoms with Gasteiger partial charge in [0.05, 0.1) is 10.9 Å². The van der Waals surface area contributed by atoms with Crippen molar-refractivity contribution < 1.29 is 4.74 Å². The van der Waals surface area contributed by atoms with E-state index in [2.05, 4.69) is 17.6 Å². The van der Waals surface area contributed by atoms with Gasteiger partial charge in [-0.05, 0) is 49.0 Å². The molecule has 0 saturated carbocycles. The Morgan fingerprint density at radius 1 is 1.32 bits per heavy atom. The van der Waals surface area contributed by atoms with Crippen LogP contribution in [0.5, 0.6) is 5.75 Å². The highest BCUT2D eigenvalue weighted by Gasteiger charge is 2.06. The molecule has 0 aliphatic heterocycles. The van der Waals surface area contributed by atoms with E-state index in [-0.39, 0.29) is 0 Å². The molecule has 2 nitrogen and oxygen atoms in total. The first-order valence-corrected chi connectivity index (χ1v) is 7.66. The molecule has 1 heterocycles. The highest BCUT2D eigenvalue weighted by Crippen LogP contribution is 2.24. The molecular formula is C15H18ClNOS. The van der Waals surface area contributed by atoms with Crippen LogP contribution in [0.1, 0.15) is 24.9 Å². The van der Waals surface area contributed by atoms with Gasteiger partial charge in [0, 0.05) is 6.04 Å². The minimum atomic E-state index is 0.334. The van der Waals surface area contributed by atoms with Crippen molar-refractivity contribution in [2.24, 2.45) is 0 Å². The Balaban J connectivity index is 1.62. The van der Waals surface area contributed by atoms with Crippen molar-refractivity contribution in [1.82, 2.24) is 5.32 Å². The van der Waals surface area contributed by atoms with Gasteiger partial charge in [-0.15, -0.1) is 11.3 Å². The van der Waals surface area contributed by atoms with Crippen molar-refractivity contribution in [3.63, 3.8) is 0 Å². The second-order valence-electron chi connectivity index (χ2n) is 4.38. The maximum atomic E-state index is 5.93. The first kappa shape index (κ1) is 14.4. The monoisotopic (exact) mass is 295 g/mol. The number of halogens is 1. The fourth-order valence-electron chi connectivity index (χ4n) is 1.77. The van der Waals surface area contributed by atoms with Gasteiger partial charge in [-0.25, -0.2) is 0 Å². The molecule has 0 fully saturated rings. The lowest BCUT2D eigenvalue weighted by Crippen LogP contribution is -2.21. The molecule has 0 saturated heterocycles. The van der Waals surface area contributed by atoms with E-state index < -0.39 is 0 Å². The average molecular weight is 296 g/mol. The number of benzene rings is 1. The second-order valence-corrected chi connectivity index (χ2v) is 5.92. The van der Waals surface area contributed by atoms with Crippen molar-refractivity contribution in [2.45, 2.75) is 19.4 Å². The van der Waals surface area contributed by atoms with Crippen LogP contribution in [0.15, 0.2) is 41.8 Å². The van der Waals surface area contributed by atoms with E-state index in [4.69, 9.17) is 16.3 Å². The fourth-order valence-corrected chi connectivity index (χ4v) is 2.75. The van der Waals surface area contributed by atoms with Crippen molar-refractivity contribution in [3.05, 3.63) is 51.7 Å². The molecule has 2 rings (SSSR count). The van der Waals surface area contributed by atoms with E-state index in [1.807, 2.05) is 36.4 Å². The van der Waals surface area contributed by atoms with E-state index in [0.717, 1.165) is 29.7 Å². The quantitative estimate of drug-likeness (QED) is 0.758. The summed E-state index contributed by atoms with van der Waals surface area (Å²) >= 11 is 7.50. The Labute approximate surface area is 123 Å². The molecule has 0 aliphatic carbocycles. The number of nitrogens with one attached hydrogen (secondary N) is 1. The molecule has 0 aliphatic rings. The number of para-hydroxylation sites is 1. The van der Waals surface area contributed by atoms with E-state index >= 15 is 0 Å². The second kappa shape index (κ2) is 7.53. The van der Waals surface area contributed by atoms with Gasteiger partial charge in [-0.2, -0.15) is 0 Å². The third-order valence-corrected chi connectivity index (χ3v) is 3.98. The van der Waals surface area contributed by atoms with Crippen LogP contribution >= 0.6 is 22.9 Å². The molecule has 19 heavy (non-hydrogen) atoms. The first-order valence-electron chi connectivity index (χ1n) is 6.41. The van der Waals surface area contributed by atoms with E-state index in [1.165, 1.54) is 5.56 Å². The average Bonchev–Trinajstić information content (AvgIpc) is 2.86. The number of ether oxygens (including phenoxy) is 1. The predicted octanol–water partition coefficient (Wildman–Crippen LogP) is 4.52. The molecule has 4 heteroatoms. The van der Waals surface area contributed by atoms with Gasteiger partial charge < -0.3 is 10.1 Å². The Morgan fingerprint density at radius 3 is 2.79 bits per heavy atom. The van der Waals surface area contributed by atoms with Crippen LogP contribution in [0.2, 0.25) is 4.34 Å². The largest absolute Gasteiger partial charge is 0.494 e. The molecule has 1 aromatic heterocycles. The summed E-state index contributed by atoms with van der Waals surface area (Å²) < 4.78 is 6.48. The smallest absolute Gasteiger partial charge is 0.119 e. The normalized spacial score (nSPS) is 12.3. The van der Waals surface area contributed by atoms with Gasteiger partial charge in [-0.1, -0.05) is 29.8 Å². The lowest BCUT2D eigenvalue weighted by Gasteiger charge is -2.12. The van der Waals surface area contributed by atoms with E-state index in [0.29, 0.717) is 6.04 Å². The zero-order chi connectivity index (χ0) is 13.5. The number of thiophene rings is 1. The fraction of sp³-hybridized carbons (Fsp3) is 0.333. The minimum absolute atomic E-state index is 0.334. The van der Waals surface area contributed by atoms with Crippen molar-refractivity contribution in [3.8, 4) is 5.75 Å². The van der Waals surface area contributed by atoms with Crippen molar-refractivity contribution in [2.75, 3.05) is 13.2 Å². The Morgan fingerprint density at radius 2 is 2.11 bits per heavy atom. The van der Waals surface area contributed by atoms with E-state index in [1.54, 1.807) is 11.3 Å². The standard InChI is InChI=1S/C15H18ClNOS/c1-12(13-10-15(16)19-11-13)17-8-5-9-18-14-6-3-2-4-7-14/h2-4,6-7,10-12,17H,5,8-9H2,1H3. The molecule has 0 bridgehead atoms. The van der Waals surface area contributed by atoms with Gasteiger partial charge >= 0.3 is 0 Å². The van der Waals surface area contributed by atoms with Crippen LogP contribution in [0.4, 0.5) is 0 Å². The summed E-state index contributed by atoms with van der Waals surface area (Å²) in [5.41, 5.74) is 1.25. The molecule has 0 radical (unpaired) electrons. The SMILES string of the molecule is CC(NCCCOc1ccccc1)c1csc(Cl)c1. The van der Waals surface area contributed by atoms with Crippen LogP contribution in [-0.2, 0) is 0 Å². The summed E-state index contributed by atoms with van der Waals surface area (Å²) in [7, 11) is 0. The van der Waals surface area contributed by atoms with Crippen LogP contribution in [0, 0.1) is 0 Å². The summed E-state index contributed by atoms with van der Waals surface area (Å²) in [5.74, 6) is 0.931. The Bertz CT molecular complexity index is 486. The molecular weight excluding hydrogens is 278 g/mol. The first-order chi connectivity index (χ1) is 9.25. The molecule has 102 valence electrons. The lowest BCUT2D eigenvalue weighted by molar-refractivity contribution is 0.305. The Kier molecular flexibility index (Phi) is 5.70. The minimum Gasteiger partial charge on any atom is -0.494 e. The zero-order valence-electron chi connectivity index (χ0n) is 10.9. The van der Waals surface area contributed by atoms with Crippen LogP contribution in [0.3, 0.4) is 0 Å². The van der Waals surface area contributed by atoms with Crippen LogP contribution in [-0.4, -0.2) is 13.2 Å². The molecule has 0 spiro atoms. The lowest BCUT2D eigenvalue weighted by atomic mass is 10.2. The molecule has 1 unspecified atom stereocenters. The summed E-state index contributed by atoms with van der Waals surface area (Å²) in [4.78, 5) is 0. The highest BCUT2D eigenvalue weighted by atomic mass is 35.5. The zero-order valence-corrected chi connectivity index (χ0v) is 12.5. The van der Waals surface area contributed by atoms with Crippen molar-refractivity contribution >= 4 is 22.9 Å². The number of rotatable bonds is 7. The summed E-state index contributed by atoms with van der Waals surface area (Å²) in [5, 5.41) is 5.56. The predicted molar refractivity (Wildman–Crippen MR) is 82.3 cm³/mol. The van der Waals surface area contributed by atoms with Crippen LogP contribution < -0.4 is 10.1 Å². The number of hydrogen-bond donors (Lipinski definition) is 1. The third kappa shape index (κ3) is 4.86. The van der Waals surface area contributed by atoms with Gasteiger partial charge in [0.15, 0.2) is 0 Å². The maximum Gasteiger partial charge on any atom is 0.119 e. The van der Waals surface area contributed by atoms with Crippen LogP contribution in [0.25, 0.3) is 0 Å². The number of hydrogen-bond acceptors (Lipinski definition) is 3. The van der Waals surface area contributed by atoms with E-state index in [9.17, 15) is 0 Å². The molecule has 1 N–H and O–H groups in total. The van der Waals surface area contributed by atoms with Gasteiger partial charge in [-0.3, -0.25) is 0 Å². The van der Waals surface area contributed by atoms with Gasteiger partial charge in [0.1, 0.15) is 5.75 Å². The third-order valence-electron chi connectivity index (χ3n) is 2.87. The summed E-state index contributed by atoms with van der Waals surface area (Å²) in [6, 6.07) is 12.3. The summed E-state index contributed by atoms with van der Waals surface area (Å²) in [6.07, 6.45) is 0.983. The van der Waals surface area contributed by atoms with Crippen molar-refractivity contribution in [1.29, 1.82) is 0 Å². The topological polar surface area (TPSA) is 21.3 Å². The highest BCUT2D eigenvalue weighted by molar-refractivity contribution is 7.14. The van der Waals surface area contributed by atoms with Gasteiger partial charge in [0.2, 0.25) is 0 Å².